The van der Waals surface area contributed by atoms with Crippen LogP contribution in [0, 0.1) is 11.3 Å². The average molecular weight is 281 g/mol. The smallest absolute Gasteiger partial charge is 0.350 e. The number of nitrogens with zero attached hydrogens (tertiary/aromatic N) is 1. The number of benzene rings is 1. The van der Waals surface area contributed by atoms with Crippen LogP contribution >= 0.6 is 11.6 Å². The minimum Gasteiger partial charge on any atom is -0.495 e. The first-order chi connectivity index (χ1) is 9.12. The van der Waals surface area contributed by atoms with Crippen LogP contribution in [0.1, 0.15) is 6.92 Å². The highest BCUT2D eigenvalue weighted by Gasteiger charge is 2.10. The second kappa shape index (κ2) is 7.29. The molecule has 0 fully saturated rings. The quantitative estimate of drug-likeness (QED) is 0.510. The predicted octanol–water partition coefficient (Wildman–Crippen LogP) is 2.73. The third-order valence-corrected chi connectivity index (χ3v) is 2.38. The first-order valence-electron chi connectivity index (χ1n) is 5.49. The van der Waals surface area contributed by atoms with Gasteiger partial charge in [0.05, 0.1) is 19.4 Å². The summed E-state index contributed by atoms with van der Waals surface area (Å²) in [5, 5.41) is 12.2. The Kier molecular flexibility index (Phi) is 5.71. The van der Waals surface area contributed by atoms with Crippen molar-refractivity contribution in [3.63, 3.8) is 0 Å². The van der Waals surface area contributed by atoms with E-state index in [4.69, 9.17) is 26.3 Å². The Labute approximate surface area is 116 Å². The van der Waals surface area contributed by atoms with Gasteiger partial charge in [-0.2, -0.15) is 5.26 Å². The van der Waals surface area contributed by atoms with Gasteiger partial charge in [0, 0.05) is 11.2 Å². The number of halogens is 1. The van der Waals surface area contributed by atoms with E-state index in [0.717, 1.165) is 0 Å². The molecule has 0 amide bonds. The molecule has 0 aromatic heterocycles. The Morgan fingerprint density at radius 1 is 1.58 bits per heavy atom. The Morgan fingerprint density at radius 3 is 2.89 bits per heavy atom. The number of nitrogens with one attached hydrogen (secondary N) is 1. The summed E-state index contributed by atoms with van der Waals surface area (Å²) in [7, 11) is 1.51. The third kappa shape index (κ3) is 4.19. The van der Waals surface area contributed by atoms with Crippen molar-refractivity contribution in [3.8, 4) is 11.8 Å². The minimum atomic E-state index is -0.682. The van der Waals surface area contributed by atoms with Crippen LogP contribution < -0.4 is 10.1 Å². The van der Waals surface area contributed by atoms with Gasteiger partial charge in [-0.3, -0.25) is 0 Å². The zero-order chi connectivity index (χ0) is 14.3. The van der Waals surface area contributed by atoms with Gasteiger partial charge in [-0.05, 0) is 25.1 Å². The molecule has 1 N–H and O–H groups in total. The molecule has 0 bridgehead atoms. The molecule has 1 aromatic rings. The average Bonchev–Trinajstić information content (AvgIpc) is 2.40. The molecule has 0 atom stereocenters. The van der Waals surface area contributed by atoms with Gasteiger partial charge in [0.1, 0.15) is 11.8 Å². The highest BCUT2D eigenvalue weighted by molar-refractivity contribution is 6.30. The number of nitriles is 1. The van der Waals surface area contributed by atoms with Crippen molar-refractivity contribution in [1.82, 2.24) is 0 Å². The lowest BCUT2D eigenvalue weighted by Crippen LogP contribution is -2.08. The summed E-state index contributed by atoms with van der Waals surface area (Å²) in [6.07, 6.45) is 1.26. The zero-order valence-corrected chi connectivity index (χ0v) is 11.3. The number of methoxy groups -OCH3 is 1. The van der Waals surface area contributed by atoms with Gasteiger partial charge in [-0.1, -0.05) is 11.6 Å². The van der Waals surface area contributed by atoms with Crippen LogP contribution in [0.3, 0.4) is 0 Å². The van der Waals surface area contributed by atoms with E-state index < -0.39 is 5.97 Å². The normalized spacial score (nSPS) is 10.5. The SMILES string of the molecule is CCOC(=O)/C(C#N)=C\Nc1cc(Cl)ccc1OC. The number of hydrogen-bond donors (Lipinski definition) is 1. The first kappa shape index (κ1) is 14.9. The molecular weight excluding hydrogens is 268 g/mol. The van der Waals surface area contributed by atoms with Crippen LogP contribution in [-0.4, -0.2) is 19.7 Å². The van der Waals surface area contributed by atoms with Crippen molar-refractivity contribution in [1.29, 1.82) is 5.26 Å². The maximum Gasteiger partial charge on any atom is 0.350 e. The lowest BCUT2D eigenvalue weighted by atomic mass is 10.2. The summed E-state index contributed by atoms with van der Waals surface area (Å²) in [6.45, 7) is 1.87. The van der Waals surface area contributed by atoms with E-state index in [9.17, 15) is 4.79 Å². The van der Waals surface area contributed by atoms with E-state index in [1.165, 1.54) is 13.3 Å². The van der Waals surface area contributed by atoms with E-state index in [-0.39, 0.29) is 12.2 Å². The number of anilines is 1. The first-order valence-corrected chi connectivity index (χ1v) is 5.87. The van der Waals surface area contributed by atoms with Crippen molar-refractivity contribution in [2.45, 2.75) is 6.92 Å². The molecule has 0 radical (unpaired) electrons. The standard InChI is InChI=1S/C13H13ClN2O3/c1-3-19-13(17)9(7-15)8-16-11-6-10(14)4-5-12(11)18-2/h4-6,8,16H,3H2,1-2H3/b9-8-. The number of carbonyl (C=O) groups is 1. The Hall–Kier alpha value is -2.19. The Bertz CT molecular complexity index is 535. The molecule has 100 valence electrons. The Balaban J connectivity index is 2.93. The van der Waals surface area contributed by atoms with Gasteiger partial charge in [0.25, 0.3) is 0 Å². The largest absolute Gasteiger partial charge is 0.495 e. The molecule has 0 saturated heterocycles. The van der Waals surface area contributed by atoms with Crippen molar-refractivity contribution < 1.29 is 14.3 Å². The monoisotopic (exact) mass is 280 g/mol. The van der Waals surface area contributed by atoms with Crippen LogP contribution in [0.25, 0.3) is 0 Å². The molecule has 0 spiro atoms. The van der Waals surface area contributed by atoms with Gasteiger partial charge >= 0.3 is 5.97 Å². The number of carbonyl (C=O) groups excluding carboxylic acids is 1. The molecule has 0 aliphatic heterocycles. The molecular formula is C13H13ClN2O3. The summed E-state index contributed by atoms with van der Waals surface area (Å²) < 4.78 is 9.86. The summed E-state index contributed by atoms with van der Waals surface area (Å²) in [5.74, 6) is -0.139. The molecule has 1 rings (SSSR count). The molecule has 5 nitrogen and oxygen atoms in total. The molecule has 19 heavy (non-hydrogen) atoms. The molecule has 1 aromatic carbocycles. The van der Waals surface area contributed by atoms with E-state index >= 15 is 0 Å². The minimum absolute atomic E-state index is 0.135. The van der Waals surface area contributed by atoms with E-state index in [2.05, 4.69) is 5.32 Å². The molecule has 6 heteroatoms. The topological polar surface area (TPSA) is 71.4 Å². The van der Waals surface area contributed by atoms with Crippen molar-refractivity contribution in [2.75, 3.05) is 19.0 Å². The fraction of sp³-hybridized carbons (Fsp3) is 0.231. The summed E-state index contributed by atoms with van der Waals surface area (Å²) in [6, 6.07) is 6.73. The van der Waals surface area contributed by atoms with Gasteiger partial charge in [-0.15, -0.1) is 0 Å². The van der Waals surface area contributed by atoms with Crippen LogP contribution in [0.2, 0.25) is 5.02 Å². The van der Waals surface area contributed by atoms with Gasteiger partial charge in [0.2, 0.25) is 0 Å². The van der Waals surface area contributed by atoms with E-state index in [1.54, 1.807) is 31.2 Å². The fourth-order valence-electron chi connectivity index (χ4n) is 1.29. The van der Waals surface area contributed by atoms with Crippen LogP contribution in [-0.2, 0) is 9.53 Å². The predicted molar refractivity (Wildman–Crippen MR) is 72.0 cm³/mol. The van der Waals surface area contributed by atoms with Crippen molar-refractivity contribution in [2.24, 2.45) is 0 Å². The second-order valence-electron chi connectivity index (χ2n) is 3.38. The lowest BCUT2D eigenvalue weighted by molar-refractivity contribution is -0.138. The number of esters is 1. The third-order valence-electron chi connectivity index (χ3n) is 2.15. The van der Waals surface area contributed by atoms with E-state index in [1.807, 2.05) is 0 Å². The highest BCUT2D eigenvalue weighted by Crippen LogP contribution is 2.27. The van der Waals surface area contributed by atoms with Gasteiger partial charge in [-0.25, -0.2) is 4.79 Å². The maximum absolute atomic E-state index is 11.4. The van der Waals surface area contributed by atoms with Crippen LogP contribution in [0.5, 0.6) is 5.75 Å². The van der Waals surface area contributed by atoms with Crippen molar-refractivity contribution in [3.05, 3.63) is 35.0 Å². The number of ether oxygens (including phenoxy) is 2. The van der Waals surface area contributed by atoms with E-state index in [0.29, 0.717) is 16.5 Å². The van der Waals surface area contributed by atoms with Crippen LogP contribution in [0.15, 0.2) is 30.0 Å². The molecule has 0 saturated carbocycles. The van der Waals surface area contributed by atoms with Crippen molar-refractivity contribution >= 4 is 23.3 Å². The fourth-order valence-corrected chi connectivity index (χ4v) is 1.46. The van der Waals surface area contributed by atoms with Crippen LogP contribution in [0.4, 0.5) is 5.69 Å². The summed E-state index contributed by atoms with van der Waals surface area (Å²) >= 11 is 5.86. The maximum atomic E-state index is 11.4. The number of rotatable bonds is 5. The molecule has 0 aliphatic carbocycles. The lowest BCUT2D eigenvalue weighted by Gasteiger charge is -2.08. The van der Waals surface area contributed by atoms with Gasteiger partial charge in [0.15, 0.2) is 5.57 Å². The summed E-state index contributed by atoms with van der Waals surface area (Å²) in [4.78, 5) is 11.4. The molecule has 0 heterocycles. The highest BCUT2D eigenvalue weighted by atomic mass is 35.5. The zero-order valence-electron chi connectivity index (χ0n) is 10.6. The molecule has 0 aliphatic rings. The van der Waals surface area contributed by atoms with Gasteiger partial charge < -0.3 is 14.8 Å². The number of hydrogen-bond acceptors (Lipinski definition) is 5. The Morgan fingerprint density at radius 2 is 2.32 bits per heavy atom. The second-order valence-corrected chi connectivity index (χ2v) is 3.82. The molecule has 0 unspecified atom stereocenters. The summed E-state index contributed by atoms with van der Waals surface area (Å²) in [5.41, 5.74) is 0.413.